The Morgan fingerprint density at radius 2 is 2.11 bits per heavy atom. The summed E-state index contributed by atoms with van der Waals surface area (Å²) in [6.07, 6.45) is 2.01. The molecule has 0 aromatic carbocycles. The Bertz CT molecular complexity index is 437. The van der Waals surface area contributed by atoms with E-state index < -0.39 is 0 Å². The van der Waals surface area contributed by atoms with Crippen LogP contribution in [-0.2, 0) is 11.3 Å². The van der Waals surface area contributed by atoms with Crippen LogP contribution in [0.3, 0.4) is 0 Å². The molecule has 0 spiro atoms. The number of nitrogens with two attached hydrogens (primary N) is 1. The average Bonchev–Trinajstić information content (AvgIpc) is 2.70. The summed E-state index contributed by atoms with van der Waals surface area (Å²) in [5.74, 6) is -0.221. The van der Waals surface area contributed by atoms with Gasteiger partial charge >= 0.3 is 0 Å². The standard InChI is InChI=1S/C12H20N4O2/c1-4-16-8-9(13)7-10(16)12(18)14-6-5-11(17)15(2)3/h7-8H,4-6,13H2,1-3H3,(H,14,18). The van der Waals surface area contributed by atoms with Crippen LogP contribution in [0, 0.1) is 0 Å². The summed E-state index contributed by atoms with van der Waals surface area (Å²) >= 11 is 0. The van der Waals surface area contributed by atoms with Gasteiger partial charge in [-0.2, -0.15) is 0 Å². The molecule has 6 nitrogen and oxygen atoms in total. The van der Waals surface area contributed by atoms with Crippen molar-refractivity contribution in [2.75, 3.05) is 26.4 Å². The number of rotatable bonds is 5. The minimum Gasteiger partial charge on any atom is -0.397 e. The van der Waals surface area contributed by atoms with Gasteiger partial charge in [0.05, 0.1) is 5.69 Å². The van der Waals surface area contributed by atoms with E-state index in [-0.39, 0.29) is 11.8 Å². The first-order valence-electron chi connectivity index (χ1n) is 5.89. The van der Waals surface area contributed by atoms with Crippen LogP contribution in [0.5, 0.6) is 0 Å². The Morgan fingerprint density at radius 3 is 2.67 bits per heavy atom. The number of nitrogen functional groups attached to an aromatic ring is 1. The Hall–Kier alpha value is -1.98. The lowest BCUT2D eigenvalue weighted by atomic mass is 10.3. The molecule has 0 fully saturated rings. The van der Waals surface area contributed by atoms with E-state index in [4.69, 9.17) is 5.73 Å². The molecule has 6 heteroatoms. The van der Waals surface area contributed by atoms with Crippen molar-refractivity contribution in [3.63, 3.8) is 0 Å². The van der Waals surface area contributed by atoms with Gasteiger partial charge in [0.1, 0.15) is 5.69 Å². The second-order valence-corrected chi connectivity index (χ2v) is 4.24. The van der Waals surface area contributed by atoms with Crippen LogP contribution in [0.4, 0.5) is 5.69 Å². The van der Waals surface area contributed by atoms with Crippen molar-refractivity contribution >= 4 is 17.5 Å². The third kappa shape index (κ3) is 3.51. The summed E-state index contributed by atoms with van der Waals surface area (Å²) < 4.78 is 1.78. The second kappa shape index (κ2) is 6.09. The highest BCUT2D eigenvalue weighted by Gasteiger charge is 2.12. The first-order chi connectivity index (χ1) is 8.45. The number of hydrogen-bond acceptors (Lipinski definition) is 3. The van der Waals surface area contributed by atoms with Crippen LogP contribution in [0.2, 0.25) is 0 Å². The zero-order valence-corrected chi connectivity index (χ0v) is 11.1. The third-order valence-electron chi connectivity index (χ3n) is 2.61. The number of carbonyl (C=O) groups excluding carboxylic acids is 2. The van der Waals surface area contributed by atoms with E-state index in [9.17, 15) is 9.59 Å². The molecule has 0 saturated heterocycles. The first-order valence-corrected chi connectivity index (χ1v) is 5.89. The number of hydrogen-bond donors (Lipinski definition) is 2. The van der Waals surface area contributed by atoms with Crippen LogP contribution in [0.1, 0.15) is 23.8 Å². The van der Waals surface area contributed by atoms with E-state index in [0.29, 0.717) is 30.9 Å². The van der Waals surface area contributed by atoms with E-state index >= 15 is 0 Å². The molecule has 0 unspecified atom stereocenters. The molecular weight excluding hydrogens is 232 g/mol. The van der Waals surface area contributed by atoms with E-state index in [0.717, 1.165) is 0 Å². The monoisotopic (exact) mass is 252 g/mol. The molecule has 1 aromatic rings. The maximum Gasteiger partial charge on any atom is 0.267 e. The quantitative estimate of drug-likeness (QED) is 0.791. The fourth-order valence-corrected chi connectivity index (χ4v) is 1.58. The molecule has 0 aliphatic rings. The van der Waals surface area contributed by atoms with Gasteiger partial charge in [0.15, 0.2) is 0 Å². The van der Waals surface area contributed by atoms with Crippen molar-refractivity contribution in [1.82, 2.24) is 14.8 Å². The number of nitrogens with zero attached hydrogens (tertiary/aromatic N) is 2. The molecule has 1 aromatic heterocycles. The molecule has 0 aliphatic carbocycles. The molecule has 2 amide bonds. The predicted molar refractivity (Wildman–Crippen MR) is 70.2 cm³/mol. The molecule has 0 saturated carbocycles. The molecule has 0 bridgehead atoms. The zero-order chi connectivity index (χ0) is 13.7. The fourth-order valence-electron chi connectivity index (χ4n) is 1.58. The lowest BCUT2D eigenvalue weighted by molar-refractivity contribution is -0.128. The SMILES string of the molecule is CCn1cc(N)cc1C(=O)NCCC(=O)N(C)C. The van der Waals surface area contributed by atoms with Crippen molar-refractivity contribution in [3.05, 3.63) is 18.0 Å². The summed E-state index contributed by atoms with van der Waals surface area (Å²) in [6, 6.07) is 1.63. The summed E-state index contributed by atoms with van der Waals surface area (Å²) in [5.41, 5.74) is 6.73. The Labute approximate surface area is 107 Å². The molecule has 0 radical (unpaired) electrons. The predicted octanol–water partition coefficient (Wildman–Crippen LogP) is 0.298. The average molecular weight is 252 g/mol. The van der Waals surface area contributed by atoms with Crippen LogP contribution >= 0.6 is 0 Å². The highest BCUT2D eigenvalue weighted by molar-refractivity contribution is 5.94. The molecule has 0 atom stereocenters. The van der Waals surface area contributed by atoms with Crippen LogP contribution in [0.15, 0.2) is 12.3 Å². The summed E-state index contributed by atoms with van der Waals surface area (Å²) in [5, 5.41) is 2.71. The van der Waals surface area contributed by atoms with Gasteiger partial charge in [0, 0.05) is 39.8 Å². The largest absolute Gasteiger partial charge is 0.397 e. The topological polar surface area (TPSA) is 80.4 Å². The Morgan fingerprint density at radius 1 is 1.44 bits per heavy atom. The van der Waals surface area contributed by atoms with Gasteiger partial charge in [-0.25, -0.2) is 0 Å². The summed E-state index contributed by atoms with van der Waals surface area (Å²) in [7, 11) is 3.38. The van der Waals surface area contributed by atoms with Crippen molar-refractivity contribution in [3.8, 4) is 0 Å². The number of aromatic nitrogens is 1. The number of anilines is 1. The first kappa shape index (κ1) is 14.1. The highest BCUT2D eigenvalue weighted by Crippen LogP contribution is 2.10. The maximum atomic E-state index is 11.9. The molecular formula is C12H20N4O2. The molecule has 1 heterocycles. The normalized spacial score (nSPS) is 10.2. The van der Waals surface area contributed by atoms with Crippen molar-refractivity contribution in [1.29, 1.82) is 0 Å². The van der Waals surface area contributed by atoms with Crippen molar-refractivity contribution < 1.29 is 9.59 Å². The van der Waals surface area contributed by atoms with E-state index in [1.165, 1.54) is 4.90 Å². The van der Waals surface area contributed by atoms with Gasteiger partial charge in [-0.15, -0.1) is 0 Å². The van der Waals surface area contributed by atoms with Gasteiger partial charge in [0.25, 0.3) is 5.91 Å². The Balaban J connectivity index is 2.53. The number of aryl methyl sites for hydroxylation is 1. The molecule has 3 N–H and O–H groups in total. The van der Waals surface area contributed by atoms with Gasteiger partial charge < -0.3 is 20.5 Å². The van der Waals surface area contributed by atoms with Crippen molar-refractivity contribution in [2.45, 2.75) is 19.9 Å². The molecule has 100 valence electrons. The van der Waals surface area contributed by atoms with Gasteiger partial charge in [-0.05, 0) is 13.0 Å². The van der Waals surface area contributed by atoms with Gasteiger partial charge in [-0.1, -0.05) is 0 Å². The lowest BCUT2D eigenvalue weighted by Crippen LogP contribution is -2.31. The molecule has 0 aliphatic heterocycles. The van der Waals surface area contributed by atoms with Crippen molar-refractivity contribution in [2.24, 2.45) is 0 Å². The van der Waals surface area contributed by atoms with Gasteiger partial charge in [0.2, 0.25) is 5.91 Å². The lowest BCUT2D eigenvalue weighted by Gasteiger charge is -2.11. The minimum absolute atomic E-state index is 0.0133. The minimum atomic E-state index is -0.208. The highest BCUT2D eigenvalue weighted by atomic mass is 16.2. The molecule has 1 rings (SSSR count). The Kier molecular flexibility index (Phi) is 4.76. The number of amides is 2. The van der Waals surface area contributed by atoms with Crippen LogP contribution in [0.25, 0.3) is 0 Å². The third-order valence-corrected chi connectivity index (χ3v) is 2.61. The zero-order valence-electron chi connectivity index (χ0n) is 11.1. The van der Waals surface area contributed by atoms with Crippen LogP contribution in [-0.4, -0.2) is 41.9 Å². The summed E-state index contributed by atoms with van der Waals surface area (Å²) in [4.78, 5) is 24.7. The molecule has 18 heavy (non-hydrogen) atoms. The van der Waals surface area contributed by atoms with Crippen LogP contribution < -0.4 is 11.1 Å². The van der Waals surface area contributed by atoms with E-state index in [1.54, 1.807) is 30.9 Å². The fraction of sp³-hybridized carbons (Fsp3) is 0.500. The second-order valence-electron chi connectivity index (χ2n) is 4.24. The maximum absolute atomic E-state index is 11.9. The number of carbonyl (C=O) groups is 2. The van der Waals surface area contributed by atoms with E-state index in [1.807, 2.05) is 6.92 Å². The van der Waals surface area contributed by atoms with Gasteiger partial charge in [-0.3, -0.25) is 9.59 Å². The van der Waals surface area contributed by atoms with E-state index in [2.05, 4.69) is 5.32 Å². The summed E-state index contributed by atoms with van der Waals surface area (Å²) in [6.45, 7) is 2.94. The number of nitrogens with one attached hydrogen (secondary N) is 1. The smallest absolute Gasteiger partial charge is 0.267 e.